The van der Waals surface area contributed by atoms with Crippen molar-refractivity contribution >= 4 is 15.7 Å². The number of nitrogens with one attached hydrogen (secondary N) is 1. The molecule has 1 aromatic carbocycles. The van der Waals surface area contributed by atoms with Crippen LogP contribution in [-0.2, 0) is 19.4 Å². The maximum atomic E-state index is 13.4. The van der Waals surface area contributed by atoms with Crippen LogP contribution in [0.4, 0.5) is 0 Å². The van der Waals surface area contributed by atoms with Crippen molar-refractivity contribution in [3.63, 3.8) is 0 Å². The Labute approximate surface area is 151 Å². The lowest BCUT2D eigenvalue weighted by molar-refractivity contribution is -0.123. The third kappa shape index (κ3) is 4.06. The number of rotatable bonds is 8. The van der Waals surface area contributed by atoms with Crippen LogP contribution in [0.15, 0.2) is 23.1 Å². The van der Waals surface area contributed by atoms with Gasteiger partial charge in [-0.15, -0.1) is 0 Å². The Morgan fingerprint density at radius 1 is 1.24 bits per heavy atom. The highest BCUT2D eigenvalue weighted by atomic mass is 32.2. The van der Waals surface area contributed by atoms with Gasteiger partial charge in [0.05, 0.1) is 4.90 Å². The van der Waals surface area contributed by atoms with Crippen molar-refractivity contribution in [2.75, 3.05) is 19.8 Å². The quantitative estimate of drug-likeness (QED) is 0.717. The highest BCUT2D eigenvalue weighted by Gasteiger charge is 2.53. The third-order valence-corrected chi connectivity index (χ3v) is 7.57. The maximum absolute atomic E-state index is 13.4. The van der Waals surface area contributed by atoms with E-state index in [1.165, 1.54) is 0 Å². The first kappa shape index (κ1) is 19.9. The average molecular weight is 368 g/mol. The molecule has 0 unspecified atom stereocenters. The second-order valence-electron chi connectivity index (χ2n) is 6.78. The van der Waals surface area contributed by atoms with Gasteiger partial charge in [0.15, 0.2) is 14.6 Å². The van der Waals surface area contributed by atoms with Crippen LogP contribution in [0.2, 0.25) is 0 Å². The molecule has 6 heteroatoms. The van der Waals surface area contributed by atoms with E-state index in [-0.39, 0.29) is 5.91 Å². The summed E-state index contributed by atoms with van der Waals surface area (Å²) in [6, 6.07) is 5.39. The van der Waals surface area contributed by atoms with Crippen LogP contribution < -0.4 is 5.32 Å². The molecule has 1 N–H and O–H groups in total. The molecule has 1 aliphatic rings. The number of carbonyl (C=O) groups excluding carboxylic acids is 1. The summed E-state index contributed by atoms with van der Waals surface area (Å²) in [6.07, 6.45) is 2.98. The van der Waals surface area contributed by atoms with Crippen molar-refractivity contribution in [3.8, 4) is 0 Å². The summed E-state index contributed by atoms with van der Waals surface area (Å²) in [5.41, 5.74) is 1.58. The number of hydrogen-bond donors (Lipinski definition) is 1. The van der Waals surface area contributed by atoms with Gasteiger partial charge in [-0.05, 0) is 57.2 Å². The minimum absolute atomic E-state index is 0.291. The Morgan fingerprint density at radius 2 is 1.92 bits per heavy atom. The van der Waals surface area contributed by atoms with Crippen LogP contribution in [0.1, 0.15) is 50.2 Å². The molecular weight excluding hydrogens is 338 g/mol. The molecule has 5 nitrogen and oxygen atoms in total. The van der Waals surface area contributed by atoms with Crippen LogP contribution in [0.25, 0.3) is 0 Å². The van der Waals surface area contributed by atoms with Gasteiger partial charge in [-0.25, -0.2) is 8.42 Å². The third-order valence-electron chi connectivity index (χ3n) is 4.93. The number of amides is 1. The smallest absolute Gasteiger partial charge is 0.241 e. The van der Waals surface area contributed by atoms with E-state index in [1.54, 1.807) is 13.0 Å². The van der Waals surface area contributed by atoms with Crippen molar-refractivity contribution in [1.82, 2.24) is 5.32 Å². The molecule has 1 aromatic rings. The average Bonchev–Trinajstić information content (AvgIpc) is 3.08. The summed E-state index contributed by atoms with van der Waals surface area (Å²) in [4.78, 5) is 13.2. The number of sulfone groups is 1. The van der Waals surface area contributed by atoms with E-state index in [0.717, 1.165) is 18.4 Å². The largest absolute Gasteiger partial charge is 0.382 e. The van der Waals surface area contributed by atoms with E-state index in [4.69, 9.17) is 4.74 Å². The van der Waals surface area contributed by atoms with E-state index in [0.29, 0.717) is 49.5 Å². The van der Waals surface area contributed by atoms with Gasteiger partial charge in [0.25, 0.3) is 0 Å². The zero-order valence-electron chi connectivity index (χ0n) is 15.4. The number of ether oxygens (including phenoxy) is 1. The first-order valence-corrected chi connectivity index (χ1v) is 10.5. The highest BCUT2D eigenvalue weighted by molar-refractivity contribution is 7.93. The fourth-order valence-electron chi connectivity index (χ4n) is 3.45. The lowest BCUT2D eigenvalue weighted by atomic mass is 10.1. The molecule has 1 amide bonds. The lowest BCUT2D eigenvalue weighted by Gasteiger charge is -2.28. The molecule has 2 rings (SSSR count). The van der Waals surface area contributed by atoms with Gasteiger partial charge in [0.2, 0.25) is 5.91 Å². The van der Waals surface area contributed by atoms with Gasteiger partial charge in [-0.2, -0.15) is 0 Å². The van der Waals surface area contributed by atoms with Crippen LogP contribution >= 0.6 is 0 Å². The van der Waals surface area contributed by atoms with E-state index in [9.17, 15) is 13.2 Å². The molecule has 0 atom stereocenters. The van der Waals surface area contributed by atoms with Crippen LogP contribution in [0.5, 0.6) is 0 Å². The maximum Gasteiger partial charge on any atom is 0.241 e. The van der Waals surface area contributed by atoms with Crippen LogP contribution in [0, 0.1) is 13.8 Å². The van der Waals surface area contributed by atoms with Gasteiger partial charge in [0.1, 0.15) is 0 Å². The monoisotopic (exact) mass is 367 g/mol. The molecule has 0 radical (unpaired) electrons. The summed E-state index contributed by atoms with van der Waals surface area (Å²) < 4.78 is 30.8. The molecule has 0 saturated heterocycles. The zero-order chi connectivity index (χ0) is 18.5. The summed E-state index contributed by atoms with van der Waals surface area (Å²) >= 11 is 0. The van der Waals surface area contributed by atoms with E-state index in [2.05, 4.69) is 5.32 Å². The molecule has 140 valence electrons. The van der Waals surface area contributed by atoms with Crippen LogP contribution in [-0.4, -0.2) is 38.8 Å². The normalized spacial score (nSPS) is 16.8. The first-order chi connectivity index (χ1) is 11.8. The first-order valence-electron chi connectivity index (χ1n) is 9.03. The molecule has 1 fully saturated rings. The Morgan fingerprint density at radius 3 is 2.56 bits per heavy atom. The van der Waals surface area contributed by atoms with Gasteiger partial charge in [-0.1, -0.05) is 25.0 Å². The topological polar surface area (TPSA) is 72.5 Å². The Bertz CT molecular complexity index is 706. The van der Waals surface area contributed by atoms with Crippen molar-refractivity contribution < 1.29 is 17.9 Å². The summed E-state index contributed by atoms with van der Waals surface area (Å²) in [5.74, 6) is -0.359. The predicted octanol–water partition coefficient (Wildman–Crippen LogP) is 2.93. The van der Waals surface area contributed by atoms with Gasteiger partial charge in [0, 0.05) is 19.8 Å². The van der Waals surface area contributed by atoms with Gasteiger partial charge >= 0.3 is 0 Å². The zero-order valence-corrected chi connectivity index (χ0v) is 16.2. The Balaban J connectivity index is 2.26. The fraction of sp³-hybridized carbons (Fsp3) is 0.632. The predicted molar refractivity (Wildman–Crippen MR) is 98.4 cm³/mol. The Hall–Kier alpha value is -1.40. The molecule has 0 spiro atoms. The molecule has 1 saturated carbocycles. The van der Waals surface area contributed by atoms with Gasteiger partial charge in [-0.3, -0.25) is 4.79 Å². The molecule has 0 bridgehead atoms. The molecule has 0 aromatic heterocycles. The molecule has 25 heavy (non-hydrogen) atoms. The molecule has 1 aliphatic carbocycles. The minimum Gasteiger partial charge on any atom is -0.382 e. The molecule has 0 heterocycles. The number of carbonyl (C=O) groups is 1. The summed E-state index contributed by atoms with van der Waals surface area (Å²) in [7, 11) is -3.74. The van der Waals surface area contributed by atoms with Gasteiger partial charge < -0.3 is 10.1 Å². The summed E-state index contributed by atoms with van der Waals surface area (Å²) in [5, 5.41) is 2.84. The molecule has 0 aliphatic heterocycles. The lowest BCUT2D eigenvalue weighted by Crippen LogP contribution is -2.51. The van der Waals surface area contributed by atoms with E-state index in [1.807, 2.05) is 26.0 Å². The van der Waals surface area contributed by atoms with Crippen molar-refractivity contribution in [1.29, 1.82) is 0 Å². The van der Waals surface area contributed by atoms with Crippen molar-refractivity contribution in [2.24, 2.45) is 0 Å². The number of aryl methyl sites for hydroxylation is 2. The summed E-state index contributed by atoms with van der Waals surface area (Å²) in [6.45, 7) is 7.21. The Kier molecular flexibility index (Phi) is 6.63. The standard InChI is InChI=1S/C19H29NO4S/c1-4-24-13-7-12-20-18(21)19(10-5-6-11-19)25(22,23)17-14-15(2)8-9-16(17)3/h8-9,14H,4-7,10-13H2,1-3H3,(H,20,21). The second kappa shape index (κ2) is 8.32. The van der Waals surface area contributed by atoms with Crippen molar-refractivity contribution in [2.45, 2.75) is 62.5 Å². The second-order valence-corrected chi connectivity index (χ2v) is 9.01. The number of benzene rings is 1. The van der Waals surface area contributed by atoms with Crippen LogP contribution in [0.3, 0.4) is 0 Å². The SMILES string of the molecule is CCOCCCNC(=O)C1(S(=O)(=O)c2cc(C)ccc2C)CCCC1. The fourth-order valence-corrected chi connectivity index (χ4v) is 5.85. The van der Waals surface area contributed by atoms with Crippen molar-refractivity contribution in [3.05, 3.63) is 29.3 Å². The minimum atomic E-state index is -3.74. The number of hydrogen-bond acceptors (Lipinski definition) is 4. The molecular formula is C19H29NO4S. The van der Waals surface area contributed by atoms with E-state index >= 15 is 0 Å². The van der Waals surface area contributed by atoms with E-state index < -0.39 is 14.6 Å². The highest BCUT2D eigenvalue weighted by Crippen LogP contribution is 2.41.